The second kappa shape index (κ2) is 7.21. The van der Waals surface area contributed by atoms with Crippen LogP contribution in [0.5, 0.6) is 0 Å². The first-order valence-corrected chi connectivity index (χ1v) is 9.41. The summed E-state index contributed by atoms with van der Waals surface area (Å²) in [7, 11) is 0. The van der Waals surface area contributed by atoms with Crippen molar-refractivity contribution in [3.8, 4) is 23.4 Å². The molecule has 28 heavy (non-hydrogen) atoms. The van der Waals surface area contributed by atoms with E-state index in [9.17, 15) is 10.1 Å². The van der Waals surface area contributed by atoms with Crippen LogP contribution in [-0.4, -0.2) is 15.5 Å². The molecule has 1 N–H and O–H groups in total. The molecule has 140 valence electrons. The molecule has 0 aromatic carbocycles. The van der Waals surface area contributed by atoms with E-state index in [-0.39, 0.29) is 17.7 Å². The molecule has 0 fully saturated rings. The number of nitrogens with zero attached hydrogens (tertiary/aromatic N) is 3. The van der Waals surface area contributed by atoms with E-state index in [1.807, 2.05) is 30.5 Å². The number of hydrogen-bond acceptors (Lipinski definition) is 6. The van der Waals surface area contributed by atoms with Crippen molar-refractivity contribution in [2.24, 2.45) is 0 Å². The summed E-state index contributed by atoms with van der Waals surface area (Å²) >= 11 is 1.55. The summed E-state index contributed by atoms with van der Waals surface area (Å²) in [6.45, 7) is 3.79. The first-order valence-electron chi connectivity index (χ1n) is 8.53. The van der Waals surface area contributed by atoms with Gasteiger partial charge in [-0.2, -0.15) is 5.26 Å². The maximum Gasteiger partial charge on any atom is 0.256 e. The van der Waals surface area contributed by atoms with Gasteiger partial charge in [0.25, 0.3) is 5.91 Å². The molecule has 4 heterocycles. The minimum absolute atomic E-state index is 0.191. The molecule has 0 aliphatic rings. The number of nitrogens with one attached hydrogen (secondary N) is 1. The number of aromatic nitrogens is 2. The van der Waals surface area contributed by atoms with E-state index in [4.69, 9.17) is 8.83 Å². The summed E-state index contributed by atoms with van der Waals surface area (Å²) in [5.41, 5.74) is 1.20. The van der Waals surface area contributed by atoms with Crippen LogP contribution >= 0.6 is 11.3 Å². The molecule has 0 spiro atoms. The largest absolute Gasteiger partial charge is 0.458 e. The van der Waals surface area contributed by atoms with Crippen LogP contribution in [0.15, 0.2) is 50.9 Å². The molecule has 0 aliphatic heterocycles. The fourth-order valence-electron chi connectivity index (χ4n) is 2.90. The number of hydrogen-bond donors (Lipinski definition) is 1. The fraction of sp³-hybridized carbons (Fsp3) is 0.150. The maximum atomic E-state index is 12.7. The summed E-state index contributed by atoms with van der Waals surface area (Å²) in [6.07, 6.45) is 3.51. The summed E-state index contributed by atoms with van der Waals surface area (Å²) in [5.74, 6) is 1.57. The molecule has 8 heteroatoms. The number of nitriles is 1. The van der Waals surface area contributed by atoms with Crippen LogP contribution in [0.4, 0.5) is 0 Å². The number of carbonyl (C=O) groups is 1. The molecule has 0 unspecified atom stereocenters. The first kappa shape index (κ1) is 17.8. The van der Waals surface area contributed by atoms with E-state index < -0.39 is 5.91 Å². The average molecular weight is 392 g/mol. The van der Waals surface area contributed by atoms with Crippen molar-refractivity contribution in [2.75, 3.05) is 0 Å². The molecule has 7 nitrogen and oxygen atoms in total. The Kier molecular flexibility index (Phi) is 4.59. The van der Waals surface area contributed by atoms with Crippen LogP contribution in [0.1, 0.15) is 32.4 Å². The Morgan fingerprint density at radius 2 is 2.07 bits per heavy atom. The lowest BCUT2D eigenvalue weighted by Gasteiger charge is -2.03. The van der Waals surface area contributed by atoms with Crippen LogP contribution in [0.3, 0.4) is 0 Å². The van der Waals surface area contributed by atoms with E-state index >= 15 is 0 Å². The van der Waals surface area contributed by atoms with Gasteiger partial charge in [-0.15, -0.1) is 11.3 Å². The van der Waals surface area contributed by atoms with Gasteiger partial charge in [-0.3, -0.25) is 9.36 Å². The number of aryl methyl sites for hydroxylation is 2. The van der Waals surface area contributed by atoms with Gasteiger partial charge < -0.3 is 14.2 Å². The van der Waals surface area contributed by atoms with Crippen molar-refractivity contribution in [1.82, 2.24) is 14.9 Å². The predicted octanol–water partition coefficient (Wildman–Crippen LogP) is 4.21. The lowest BCUT2D eigenvalue weighted by atomic mass is 10.1. The highest BCUT2D eigenvalue weighted by Crippen LogP contribution is 2.26. The third-order valence-corrected chi connectivity index (χ3v) is 4.97. The highest BCUT2D eigenvalue weighted by molar-refractivity contribution is 7.09. The van der Waals surface area contributed by atoms with Gasteiger partial charge in [0.1, 0.15) is 34.4 Å². The van der Waals surface area contributed by atoms with Gasteiger partial charge in [0.15, 0.2) is 5.76 Å². The van der Waals surface area contributed by atoms with Gasteiger partial charge in [0.2, 0.25) is 5.88 Å². The highest BCUT2D eigenvalue weighted by atomic mass is 32.1. The maximum absolute atomic E-state index is 12.7. The Balaban J connectivity index is 1.52. The van der Waals surface area contributed by atoms with Crippen molar-refractivity contribution in [2.45, 2.75) is 20.4 Å². The molecule has 0 bridgehead atoms. The van der Waals surface area contributed by atoms with Gasteiger partial charge in [-0.1, -0.05) is 0 Å². The lowest BCUT2D eigenvalue weighted by Crippen LogP contribution is -2.23. The molecule has 4 aromatic heterocycles. The summed E-state index contributed by atoms with van der Waals surface area (Å²) in [4.78, 5) is 17.1. The van der Waals surface area contributed by atoms with Gasteiger partial charge in [-0.05, 0) is 38.1 Å². The Bertz CT molecular complexity index is 1170. The standard InChI is InChI=1S/C20H16N4O3S/c1-12-18(15(9-21)20(26-12)24-7-3-4-8-24)19(25)22-10-14-5-6-17(27-14)16-11-28-13(2)23-16/h3-8,11H,10H2,1-2H3,(H,22,25). The molecule has 4 rings (SSSR count). The molecule has 0 saturated heterocycles. The molecule has 4 aromatic rings. The van der Waals surface area contributed by atoms with Crippen LogP contribution in [-0.2, 0) is 6.54 Å². The molecule has 0 saturated carbocycles. The SMILES string of the molecule is Cc1nc(-c2ccc(CNC(=O)c3c(C)oc(-n4cccc4)c3C#N)o2)cs1. The first-order chi connectivity index (χ1) is 13.6. The Morgan fingerprint density at radius 3 is 2.75 bits per heavy atom. The highest BCUT2D eigenvalue weighted by Gasteiger charge is 2.24. The van der Waals surface area contributed by atoms with Crippen molar-refractivity contribution in [3.05, 3.63) is 69.7 Å². The van der Waals surface area contributed by atoms with Crippen LogP contribution in [0, 0.1) is 25.2 Å². The van der Waals surface area contributed by atoms with Gasteiger partial charge in [-0.25, -0.2) is 4.98 Å². The summed E-state index contributed by atoms with van der Waals surface area (Å²) in [6, 6.07) is 9.33. The van der Waals surface area contributed by atoms with E-state index in [1.165, 1.54) is 0 Å². The molecule has 0 atom stereocenters. The summed E-state index contributed by atoms with van der Waals surface area (Å²) < 4.78 is 13.1. The third kappa shape index (κ3) is 3.23. The molecule has 0 radical (unpaired) electrons. The monoisotopic (exact) mass is 392 g/mol. The number of carbonyl (C=O) groups excluding carboxylic acids is 1. The van der Waals surface area contributed by atoms with Crippen LogP contribution in [0.2, 0.25) is 0 Å². The zero-order valence-corrected chi connectivity index (χ0v) is 16.0. The van der Waals surface area contributed by atoms with Crippen molar-refractivity contribution >= 4 is 17.2 Å². The zero-order valence-electron chi connectivity index (χ0n) is 15.2. The van der Waals surface area contributed by atoms with Crippen molar-refractivity contribution in [3.63, 3.8) is 0 Å². The van der Waals surface area contributed by atoms with Gasteiger partial charge in [0.05, 0.1) is 11.6 Å². The average Bonchev–Trinajstić information content (AvgIpc) is 3.45. The minimum Gasteiger partial charge on any atom is -0.458 e. The normalized spacial score (nSPS) is 10.8. The van der Waals surface area contributed by atoms with E-state index in [2.05, 4.69) is 16.4 Å². The van der Waals surface area contributed by atoms with E-state index in [0.29, 0.717) is 23.2 Å². The molecular weight excluding hydrogens is 376 g/mol. The number of rotatable bonds is 5. The topological polar surface area (TPSA) is 97.0 Å². The quantitative estimate of drug-likeness (QED) is 0.549. The van der Waals surface area contributed by atoms with Crippen molar-refractivity contribution in [1.29, 1.82) is 5.26 Å². The lowest BCUT2D eigenvalue weighted by molar-refractivity contribution is 0.0946. The Hall–Kier alpha value is -3.57. The van der Waals surface area contributed by atoms with Crippen LogP contribution < -0.4 is 5.32 Å². The number of amides is 1. The van der Waals surface area contributed by atoms with Gasteiger partial charge >= 0.3 is 0 Å². The fourth-order valence-corrected chi connectivity index (χ4v) is 3.50. The summed E-state index contributed by atoms with van der Waals surface area (Å²) in [5, 5.41) is 15.2. The second-order valence-corrected chi connectivity index (χ2v) is 7.18. The molecule has 1 amide bonds. The Morgan fingerprint density at radius 1 is 1.29 bits per heavy atom. The smallest absolute Gasteiger partial charge is 0.256 e. The molecule has 0 aliphatic carbocycles. The number of furan rings is 2. The second-order valence-electron chi connectivity index (χ2n) is 6.12. The minimum atomic E-state index is -0.390. The van der Waals surface area contributed by atoms with Crippen molar-refractivity contribution < 1.29 is 13.6 Å². The third-order valence-electron chi connectivity index (χ3n) is 4.20. The van der Waals surface area contributed by atoms with Gasteiger partial charge in [0, 0.05) is 17.8 Å². The van der Waals surface area contributed by atoms with E-state index in [0.717, 1.165) is 10.7 Å². The Labute approximate surface area is 164 Å². The van der Waals surface area contributed by atoms with Crippen LogP contribution in [0.25, 0.3) is 17.3 Å². The predicted molar refractivity (Wildman–Crippen MR) is 103 cm³/mol. The zero-order chi connectivity index (χ0) is 19.7. The van der Waals surface area contributed by atoms with E-state index in [1.54, 1.807) is 41.3 Å². The molecular formula is C20H16N4O3S. The number of thiazole rings is 1.